The SMILES string of the molecule is O=C(CNS(=O)(=O)c1cccs1)NCc1ccc(S(=O)(=O)N2CCCC2)cc1. The van der Waals surface area contributed by atoms with Gasteiger partial charge in [-0.25, -0.2) is 21.6 Å². The van der Waals surface area contributed by atoms with E-state index in [-0.39, 0.29) is 22.2 Å². The molecule has 0 unspecified atom stereocenters. The summed E-state index contributed by atoms with van der Waals surface area (Å²) in [7, 11) is -7.15. The van der Waals surface area contributed by atoms with E-state index in [0.717, 1.165) is 29.7 Å². The molecule has 1 aliphatic heterocycles. The number of nitrogens with zero attached hydrogens (tertiary/aromatic N) is 1. The van der Waals surface area contributed by atoms with Gasteiger partial charge in [-0.05, 0) is 42.0 Å². The van der Waals surface area contributed by atoms with Crippen LogP contribution in [0.25, 0.3) is 0 Å². The molecule has 0 spiro atoms. The average Bonchev–Trinajstić information content (AvgIpc) is 3.39. The second-order valence-electron chi connectivity index (χ2n) is 6.29. The van der Waals surface area contributed by atoms with Crippen LogP contribution in [-0.2, 0) is 31.4 Å². The lowest BCUT2D eigenvalue weighted by molar-refractivity contribution is -0.120. The number of carbonyl (C=O) groups excluding carboxylic acids is 1. The van der Waals surface area contributed by atoms with E-state index in [2.05, 4.69) is 10.0 Å². The largest absolute Gasteiger partial charge is 0.351 e. The third-order valence-corrected chi connectivity index (χ3v) is 9.01. The molecule has 1 aliphatic rings. The number of thiophene rings is 1. The van der Waals surface area contributed by atoms with Gasteiger partial charge in [0.25, 0.3) is 10.0 Å². The van der Waals surface area contributed by atoms with Crippen LogP contribution >= 0.6 is 11.3 Å². The molecule has 8 nitrogen and oxygen atoms in total. The Morgan fingerprint density at radius 2 is 1.71 bits per heavy atom. The molecule has 2 aromatic rings. The van der Waals surface area contributed by atoms with E-state index in [1.54, 1.807) is 23.6 Å². The van der Waals surface area contributed by atoms with Crippen LogP contribution in [0.1, 0.15) is 18.4 Å². The number of hydrogen-bond donors (Lipinski definition) is 2. The van der Waals surface area contributed by atoms with Gasteiger partial charge in [0.1, 0.15) is 4.21 Å². The summed E-state index contributed by atoms with van der Waals surface area (Å²) in [6, 6.07) is 9.40. The molecule has 1 aromatic heterocycles. The Labute approximate surface area is 168 Å². The summed E-state index contributed by atoms with van der Waals surface area (Å²) in [6.07, 6.45) is 1.75. The lowest BCUT2D eigenvalue weighted by Crippen LogP contribution is -2.36. The molecule has 0 aliphatic carbocycles. The van der Waals surface area contributed by atoms with Crippen LogP contribution in [-0.4, -0.2) is 46.7 Å². The highest BCUT2D eigenvalue weighted by atomic mass is 32.2. The van der Waals surface area contributed by atoms with Crippen LogP contribution in [0.15, 0.2) is 50.9 Å². The average molecular weight is 444 g/mol. The van der Waals surface area contributed by atoms with Crippen LogP contribution in [0.2, 0.25) is 0 Å². The number of rotatable bonds is 8. The maximum Gasteiger partial charge on any atom is 0.250 e. The predicted molar refractivity (Wildman–Crippen MR) is 106 cm³/mol. The van der Waals surface area contributed by atoms with Gasteiger partial charge >= 0.3 is 0 Å². The maximum absolute atomic E-state index is 12.5. The van der Waals surface area contributed by atoms with E-state index in [4.69, 9.17) is 0 Å². The van der Waals surface area contributed by atoms with Crippen molar-refractivity contribution in [1.29, 1.82) is 0 Å². The first-order valence-electron chi connectivity index (χ1n) is 8.68. The molecule has 1 aromatic carbocycles. The Morgan fingerprint density at radius 1 is 1.04 bits per heavy atom. The fourth-order valence-electron chi connectivity index (χ4n) is 2.77. The molecule has 28 heavy (non-hydrogen) atoms. The molecule has 2 heterocycles. The van der Waals surface area contributed by atoms with E-state index < -0.39 is 26.0 Å². The Hall–Kier alpha value is -1.79. The van der Waals surface area contributed by atoms with Gasteiger partial charge in [-0.3, -0.25) is 4.79 Å². The molecule has 152 valence electrons. The van der Waals surface area contributed by atoms with Crippen LogP contribution in [0, 0.1) is 0 Å². The van der Waals surface area contributed by atoms with Crippen molar-refractivity contribution in [1.82, 2.24) is 14.3 Å². The van der Waals surface area contributed by atoms with E-state index in [0.29, 0.717) is 13.1 Å². The number of carbonyl (C=O) groups is 1. The standard InChI is InChI=1S/C17H21N3O5S3/c21-16(13-19-27(22,23)17-4-3-11-26-17)18-12-14-5-7-15(8-6-14)28(24,25)20-9-1-2-10-20/h3-8,11,19H,1-2,9-10,12-13H2,(H,18,21). The van der Waals surface area contributed by atoms with Gasteiger partial charge in [0.05, 0.1) is 11.4 Å². The van der Waals surface area contributed by atoms with Crippen LogP contribution < -0.4 is 10.0 Å². The summed E-state index contributed by atoms with van der Waals surface area (Å²) in [5.74, 6) is -0.478. The first kappa shape index (κ1) is 20.9. The quantitative estimate of drug-likeness (QED) is 0.635. The van der Waals surface area contributed by atoms with Gasteiger partial charge in [0, 0.05) is 19.6 Å². The molecule has 3 rings (SSSR count). The van der Waals surface area contributed by atoms with Gasteiger partial charge in [0.15, 0.2) is 0 Å². The summed E-state index contributed by atoms with van der Waals surface area (Å²) in [5, 5.41) is 4.25. The smallest absolute Gasteiger partial charge is 0.250 e. The van der Waals surface area contributed by atoms with Crippen LogP contribution in [0.5, 0.6) is 0 Å². The number of nitrogens with one attached hydrogen (secondary N) is 2. The molecule has 2 N–H and O–H groups in total. The van der Waals surface area contributed by atoms with Crippen molar-refractivity contribution >= 4 is 37.3 Å². The van der Waals surface area contributed by atoms with Gasteiger partial charge < -0.3 is 5.32 Å². The highest BCUT2D eigenvalue weighted by molar-refractivity contribution is 7.91. The molecule has 0 saturated carbocycles. The van der Waals surface area contributed by atoms with Gasteiger partial charge in [-0.1, -0.05) is 18.2 Å². The first-order valence-corrected chi connectivity index (χ1v) is 12.5. The summed E-state index contributed by atoms with van der Waals surface area (Å²) in [4.78, 5) is 12.1. The van der Waals surface area contributed by atoms with Crippen molar-refractivity contribution in [3.8, 4) is 0 Å². The van der Waals surface area contributed by atoms with Crippen molar-refractivity contribution in [3.05, 3.63) is 47.3 Å². The number of amides is 1. The Kier molecular flexibility index (Phi) is 6.50. The summed E-state index contributed by atoms with van der Waals surface area (Å²) in [6.45, 7) is 0.883. The minimum atomic E-state index is -3.69. The van der Waals surface area contributed by atoms with Crippen LogP contribution in [0.3, 0.4) is 0 Å². The number of hydrogen-bond acceptors (Lipinski definition) is 6. The van der Waals surface area contributed by atoms with Gasteiger partial charge in [-0.2, -0.15) is 4.31 Å². The van der Waals surface area contributed by atoms with Crippen molar-refractivity contribution in [2.75, 3.05) is 19.6 Å². The third-order valence-electron chi connectivity index (χ3n) is 4.30. The third kappa shape index (κ3) is 4.97. The minimum Gasteiger partial charge on any atom is -0.351 e. The zero-order valence-electron chi connectivity index (χ0n) is 15.0. The Bertz CT molecular complexity index is 1010. The van der Waals surface area contributed by atoms with Gasteiger partial charge in [0.2, 0.25) is 15.9 Å². The zero-order valence-corrected chi connectivity index (χ0v) is 17.4. The monoisotopic (exact) mass is 443 g/mol. The van der Waals surface area contributed by atoms with Crippen molar-refractivity contribution in [2.24, 2.45) is 0 Å². The first-order chi connectivity index (χ1) is 13.3. The second kappa shape index (κ2) is 8.70. The number of sulfonamides is 2. The predicted octanol–water partition coefficient (Wildman–Crippen LogP) is 1.13. The molecule has 11 heteroatoms. The lowest BCUT2D eigenvalue weighted by atomic mass is 10.2. The summed E-state index contributed by atoms with van der Waals surface area (Å²) in [5.41, 5.74) is 0.717. The molecular formula is C17H21N3O5S3. The molecule has 0 radical (unpaired) electrons. The topological polar surface area (TPSA) is 113 Å². The van der Waals surface area contributed by atoms with E-state index in [9.17, 15) is 21.6 Å². The molecular weight excluding hydrogens is 422 g/mol. The minimum absolute atomic E-state index is 0.148. The Balaban J connectivity index is 1.51. The van der Waals surface area contributed by atoms with E-state index in [1.807, 2.05) is 0 Å². The lowest BCUT2D eigenvalue weighted by Gasteiger charge is -2.15. The van der Waals surface area contributed by atoms with Crippen molar-refractivity contribution < 1.29 is 21.6 Å². The molecule has 1 saturated heterocycles. The molecule has 1 amide bonds. The maximum atomic E-state index is 12.5. The van der Waals surface area contributed by atoms with E-state index in [1.165, 1.54) is 22.5 Å². The van der Waals surface area contributed by atoms with E-state index >= 15 is 0 Å². The summed E-state index contributed by atoms with van der Waals surface area (Å²) < 4.78 is 52.8. The molecule has 1 fully saturated rings. The molecule has 0 bridgehead atoms. The fraction of sp³-hybridized carbons (Fsp3) is 0.353. The molecule has 0 atom stereocenters. The van der Waals surface area contributed by atoms with Crippen molar-refractivity contribution in [2.45, 2.75) is 28.5 Å². The second-order valence-corrected chi connectivity index (χ2v) is 11.2. The highest BCUT2D eigenvalue weighted by Crippen LogP contribution is 2.21. The normalized spacial score (nSPS) is 15.6. The highest BCUT2D eigenvalue weighted by Gasteiger charge is 2.26. The van der Waals surface area contributed by atoms with Gasteiger partial charge in [-0.15, -0.1) is 11.3 Å². The number of benzene rings is 1. The Morgan fingerprint density at radius 3 is 2.32 bits per heavy atom. The zero-order chi connectivity index (χ0) is 20.2. The van der Waals surface area contributed by atoms with Crippen molar-refractivity contribution in [3.63, 3.8) is 0 Å². The van der Waals surface area contributed by atoms with Crippen LogP contribution in [0.4, 0.5) is 0 Å². The fourth-order valence-corrected chi connectivity index (χ4v) is 6.30. The summed E-state index contributed by atoms with van der Waals surface area (Å²) >= 11 is 1.07.